The number of carboxylic acid groups (broad SMARTS) is 1. The summed E-state index contributed by atoms with van der Waals surface area (Å²) in [5.74, 6) is -0.909. The molecular weight excluding hydrogens is 264 g/mol. The highest BCUT2D eigenvalue weighted by Gasteiger charge is 2.25. The summed E-state index contributed by atoms with van der Waals surface area (Å²) in [7, 11) is 0. The Kier molecular flexibility index (Phi) is 8.17. The van der Waals surface area contributed by atoms with Crippen LogP contribution in [0.2, 0.25) is 0 Å². The van der Waals surface area contributed by atoms with Gasteiger partial charge in [-0.15, -0.1) is 0 Å². The summed E-state index contributed by atoms with van der Waals surface area (Å²) in [5, 5.41) is 32.6. The quantitative estimate of drug-likeness (QED) is 0.412. The van der Waals surface area contributed by atoms with Crippen molar-refractivity contribution in [2.45, 2.75) is 52.2 Å². The summed E-state index contributed by atoms with van der Waals surface area (Å²) in [6.45, 7) is 5.60. The van der Waals surface area contributed by atoms with Gasteiger partial charge in [0.2, 0.25) is 0 Å². The summed E-state index contributed by atoms with van der Waals surface area (Å²) in [6.07, 6.45) is -0.0569. The van der Waals surface area contributed by atoms with E-state index in [1.807, 2.05) is 20.8 Å². The number of aliphatic hydroxyl groups excluding tert-OH is 2. The highest BCUT2D eigenvalue weighted by atomic mass is 16.4. The molecule has 0 aliphatic heterocycles. The Hall–Kier alpha value is -1.34. The van der Waals surface area contributed by atoms with E-state index in [-0.39, 0.29) is 31.4 Å². The maximum Gasteiger partial charge on any atom is 0.315 e. The van der Waals surface area contributed by atoms with E-state index in [2.05, 4.69) is 10.6 Å². The molecule has 0 radical (unpaired) electrons. The van der Waals surface area contributed by atoms with Gasteiger partial charge in [0, 0.05) is 13.0 Å². The van der Waals surface area contributed by atoms with E-state index < -0.39 is 24.1 Å². The van der Waals surface area contributed by atoms with Crippen molar-refractivity contribution in [3.05, 3.63) is 0 Å². The van der Waals surface area contributed by atoms with E-state index in [4.69, 9.17) is 5.11 Å². The van der Waals surface area contributed by atoms with Crippen molar-refractivity contribution >= 4 is 12.0 Å². The van der Waals surface area contributed by atoms with E-state index in [0.717, 1.165) is 0 Å². The Morgan fingerprint density at radius 2 is 1.85 bits per heavy atom. The van der Waals surface area contributed by atoms with Crippen molar-refractivity contribution in [2.24, 2.45) is 5.41 Å². The van der Waals surface area contributed by atoms with E-state index in [0.29, 0.717) is 6.42 Å². The van der Waals surface area contributed by atoms with Gasteiger partial charge < -0.3 is 26.0 Å². The fourth-order valence-corrected chi connectivity index (χ4v) is 1.48. The Balaban J connectivity index is 4.04. The van der Waals surface area contributed by atoms with Gasteiger partial charge in [-0.2, -0.15) is 0 Å². The molecule has 0 saturated carbocycles. The van der Waals surface area contributed by atoms with Gasteiger partial charge in [-0.3, -0.25) is 4.79 Å². The normalized spacial score (nSPS) is 14.4. The van der Waals surface area contributed by atoms with Crippen LogP contribution in [-0.4, -0.2) is 52.6 Å². The molecule has 0 heterocycles. The number of carbonyl (C=O) groups is 2. The topological polar surface area (TPSA) is 119 Å². The Morgan fingerprint density at radius 1 is 1.25 bits per heavy atom. The molecule has 2 amide bonds. The number of carbonyl (C=O) groups excluding carboxylic acids is 1. The van der Waals surface area contributed by atoms with Gasteiger partial charge in [0.1, 0.15) is 0 Å². The van der Waals surface area contributed by atoms with Crippen LogP contribution in [0.25, 0.3) is 0 Å². The third kappa shape index (κ3) is 8.71. The van der Waals surface area contributed by atoms with Crippen molar-refractivity contribution in [1.82, 2.24) is 10.6 Å². The fourth-order valence-electron chi connectivity index (χ4n) is 1.48. The lowest BCUT2D eigenvalue weighted by atomic mass is 9.85. The molecule has 2 unspecified atom stereocenters. The first-order chi connectivity index (χ1) is 9.16. The van der Waals surface area contributed by atoms with Gasteiger partial charge in [-0.1, -0.05) is 20.8 Å². The second-order valence-electron chi connectivity index (χ2n) is 5.89. The van der Waals surface area contributed by atoms with Crippen LogP contribution in [0.15, 0.2) is 0 Å². The molecule has 5 N–H and O–H groups in total. The van der Waals surface area contributed by atoms with Crippen LogP contribution in [-0.2, 0) is 4.79 Å². The summed E-state index contributed by atoms with van der Waals surface area (Å²) < 4.78 is 0. The van der Waals surface area contributed by atoms with Gasteiger partial charge >= 0.3 is 12.0 Å². The average Bonchev–Trinajstić information content (AvgIpc) is 2.32. The fraction of sp³-hybridized carbons (Fsp3) is 0.846. The van der Waals surface area contributed by atoms with Crippen LogP contribution in [0, 0.1) is 5.41 Å². The second-order valence-corrected chi connectivity index (χ2v) is 5.89. The molecule has 7 heteroatoms. The van der Waals surface area contributed by atoms with Crippen molar-refractivity contribution in [3.63, 3.8) is 0 Å². The van der Waals surface area contributed by atoms with Crippen molar-refractivity contribution < 1.29 is 24.9 Å². The van der Waals surface area contributed by atoms with E-state index in [1.54, 1.807) is 0 Å². The molecule has 0 aliphatic carbocycles. The highest BCUT2D eigenvalue weighted by molar-refractivity contribution is 5.74. The van der Waals surface area contributed by atoms with Gasteiger partial charge in [-0.25, -0.2) is 4.79 Å². The smallest absolute Gasteiger partial charge is 0.315 e. The van der Waals surface area contributed by atoms with Crippen LogP contribution in [0.1, 0.15) is 40.0 Å². The number of amides is 2. The zero-order chi connectivity index (χ0) is 15.8. The Bertz CT molecular complexity index is 314. The molecule has 0 fully saturated rings. The first kappa shape index (κ1) is 18.7. The zero-order valence-corrected chi connectivity index (χ0v) is 12.3. The van der Waals surface area contributed by atoms with Crippen LogP contribution in [0.4, 0.5) is 4.79 Å². The van der Waals surface area contributed by atoms with E-state index in [9.17, 15) is 19.8 Å². The monoisotopic (exact) mass is 290 g/mol. The third-order valence-corrected chi connectivity index (χ3v) is 2.92. The molecule has 2 atom stereocenters. The summed E-state index contributed by atoms with van der Waals surface area (Å²) in [4.78, 5) is 21.8. The standard InChI is InChI=1S/C13H26N2O5/c1-13(2,3)10(17)7-9(8-16)15-12(20)14-6-4-5-11(18)19/h9-10,16-17H,4-8H2,1-3H3,(H,18,19)(H2,14,15,20). The number of rotatable bonds is 8. The number of hydrogen-bond donors (Lipinski definition) is 5. The molecule has 118 valence electrons. The minimum absolute atomic E-state index is 0.00749. The van der Waals surface area contributed by atoms with Crippen LogP contribution < -0.4 is 10.6 Å². The van der Waals surface area contributed by atoms with Crippen molar-refractivity contribution in [2.75, 3.05) is 13.2 Å². The zero-order valence-electron chi connectivity index (χ0n) is 12.3. The molecule has 0 spiro atoms. The number of hydrogen-bond acceptors (Lipinski definition) is 4. The maximum absolute atomic E-state index is 11.5. The molecular formula is C13H26N2O5. The number of aliphatic carboxylic acids is 1. The van der Waals surface area contributed by atoms with E-state index >= 15 is 0 Å². The minimum atomic E-state index is -0.909. The number of carboxylic acids is 1. The van der Waals surface area contributed by atoms with Crippen molar-refractivity contribution in [3.8, 4) is 0 Å². The molecule has 7 nitrogen and oxygen atoms in total. The molecule has 0 aromatic heterocycles. The van der Waals surface area contributed by atoms with Crippen LogP contribution in [0.5, 0.6) is 0 Å². The Morgan fingerprint density at radius 3 is 2.30 bits per heavy atom. The first-order valence-electron chi connectivity index (χ1n) is 6.72. The summed E-state index contributed by atoms with van der Waals surface area (Å²) in [5.41, 5.74) is -0.326. The number of aliphatic hydroxyl groups is 2. The van der Waals surface area contributed by atoms with E-state index in [1.165, 1.54) is 0 Å². The lowest BCUT2D eigenvalue weighted by molar-refractivity contribution is -0.137. The van der Waals surface area contributed by atoms with Gasteiger partial charge in [-0.05, 0) is 18.3 Å². The van der Waals surface area contributed by atoms with Crippen molar-refractivity contribution in [1.29, 1.82) is 0 Å². The number of urea groups is 1. The average molecular weight is 290 g/mol. The SMILES string of the molecule is CC(C)(C)C(O)CC(CO)NC(=O)NCCCC(=O)O. The summed E-state index contributed by atoms with van der Waals surface area (Å²) >= 11 is 0. The minimum Gasteiger partial charge on any atom is -0.481 e. The number of nitrogens with one attached hydrogen (secondary N) is 2. The maximum atomic E-state index is 11.5. The largest absolute Gasteiger partial charge is 0.481 e. The Labute approximate surface area is 119 Å². The molecule has 0 bridgehead atoms. The first-order valence-corrected chi connectivity index (χ1v) is 6.72. The molecule has 0 rings (SSSR count). The molecule has 0 aliphatic rings. The van der Waals surface area contributed by atoms with Gasteiger partial charge in [0.25, 0.3) is 0 Å². The predicted molar refractivity (Wildman–Crippen MR) is 74.4 cm³/mol. The predicted octanol–water partition coefficient (Wildman–Crippen LogP) is 0.308. The van der Waals surface area contributed by atoms with Crippen LogP contribution >= 0.6 is 0 Å². The highest BCUT2D eigenvalue weighted by Crippen LogP contribution is 2.22. The second kappa shape index (κ2) is 8.76. The summed E-state index contributed by atoms with van der Waals surface area (Å²) in [6, 6.07) is -1.01. The van der Waals surface area contributed by atoms with Gasteiger partial charge in [0.15, 0.2) is 0 Å². The molecule has 0 saturated heterocycles. The van der Waals surface area contributed by atoms with Crippen LogP contribution in [0.3, 0.4) is 0 Å². The lowest BCUT2D eigenvalue weighted by Gasteiger charge is -2.29. The van der Waals surface area contributed by atoms with Gasteiger partial charge in [0.05, 0.1) is 18.8 Å². The molecule has 0 aromatic rings. The third-order valence-electron chi connectivity index (χ3n) is 2.92. The lowest BCUT2D eigenvalue weighted by Crippen LogP contribution is -2.46. The molecule has 20 heavy (non-hydrogen) atoms. The molecule has 0 aromatic carbocycles.